The maximum Gasteiger partial charge on any atom is 0.318 e. The van der Waals surface area contributed by atoms with E-state index in [4.69, 9.17) is 19.4 Å². The van der Waals surface area contributed by atoms with Gasteiger partial charge in [0.05, 0.1) is 49.8 Å². The van der Waals surface area contributed by atoms with Gasteiger partial charge in [-0.05, 0) is 38.9 Å². The predicted molar refractivity (Wildman–Crippen MR) is 147 cm³/mol. The Morgan fingerprint density at radius 2 is 2.10 bits per heavy atom. The summed E-state index contributed by atoms with van der Waals surface area (Å²) in [6, 6.07) is 4.58. The van der Waals surface area contributed by atoms with Gasteiger partial charge >= 0.3 is 6.01 Å². The third-order valence-electron chi connectivity index (χ3n) is 7.99. The Kier molecular flexibility index (Phi) is 8.12. The van der Waals surface area contributed by atoms with Crippen molar-refractivity contribution in [1.82, 2.24) is 24.8 Å². The van der Waals surface area contributed by atoms with Gasteiger partial charge in [0.2, 0.25) is 5.91 Å². The summed E-state index contributed by atoms with van der Waals surface area (Å²) in [4.78, 5) is 35.0. The first kappa shape index (κ1) is 26.7. The van der Waals surface area contributed by atoms with E-state index in [1.807, 2.05) is 12.3 Å². The van der Waals surface area contributed by atoms with Gasteiger partial charge in [-0.1, -0.05) is 6.58 Å². The molecule has 0 aromatic carbocycles. The molecule has 2 fully saturated rings. The zero-order chi connectivity index (χ0) is 27.4. The highest BCUT2D eigenvalue weighted by atomic mass is 16.5. The fourth-order valence-electron chi connectivity index (χ4n) is 5.80. The molecule has 0 spiro atoms. The summed E-state index contributed by atoms with van der Waals surface area (Å²) in [5.41, 5.74) is 2.92. The zero-order valence-corrected chi connectivity index (χ0v) is 22.8. The van der Waals surface area contributed by atoms with Crippen LogP contribution in [0.15, 0.2) is 31.1 Å². The van der Waals surface area contributed by atoms with Gasteiger partial charge in [-0.3, -0.25) is 9.78 Å². The van der Waals surface area contributed by atoms with Crippen molar-refractivity contribution in [2.45, 2.75) is 44.3 Å². The summed E-state index contributed by atoms with van der Waals surface area (Å²) in [5, 5.41) is 9.46. The van der Waals surface area contributed by atoms with Gasteiger partial charge in [-0.15, -0.1) is 0 Å². The second-order valence-corrected chi connectivity index (χ2v) is 10.3. The SMILES string of the molecule is C=CC(=O)N1CCN(c2nc(OCC3CCCN3C)nc3c2CCN(c2cnccc2OC)C3)CC1CC#N. The van der Waals surface area contributed by atoms with Crippen LogP contribution in [0.25, 0.3) is 0 Å². The van der Waals surface area contributed by atoms with Crippen LogP contribution < -0.4 is 19.3 Å². The van der Waals surface area contributed by atoms with Crippen LogP contribution in [-0.2, 0) is 17.8 Å². The molecule has 2 aromatic heterocycles. The van der Waals surface area contributed by atoms with E-state index in [1.165, 1.54) is 6.08 Å². The third-order valence-corrected chi connectivity index (χ3v) is 7.99. The lowest BCUT2D eigenvalue weighted by molar-refractivity contribution is -0.128. The monoisotopic (exact) mass is 532 g/mol. The van der Waals surface area contributed by atoms with Crippen LogP contribution in [0.5, 0.6) is 11.8 Å². The second kappa shape index (κ2) is 11.9. The Hall–Kier alpha value is -3.91. The Balaban J connectivity index is 1.45. The standard InChI is InChI=1S/C28H36N8O3/c1-4-26(37)36-15-14-35(17-20(36)7-10-29)27-22-9-13-34(24-16-30-11-8-25(24)38-3)18-23(22)31-28(32-27)39-19-21-6-5-12-33(21)2/h4,8,11,16,20-21H,1,5-7,9,12-15,17-19H2,2-3H3. The highest BCUT2D eigenvalue weighted by molar-refractivity contribution is 5.87. The van der Waals surface area contributed by atoms with Crippen molar-refractivity contribution >= 4 is 17.4 Å². The first-order chi connectivity index (χ1) is 19.0. The number of carbonyl (C=O) groups excluding carboxylic acids is 1. The van der Waals surface area contributed by atoms with Gasteiger partial charge in [-0.2, -0.15) is 15.2 Å². The molecule has 11 heteroatoms. The minimum Gasteiger partial charge on any atom is -0.494 e. The molecule has 3 aliphatic heterocycles. The zero-order valence-electron chi connectivity index (χ0n) is 22.8. The summed E-state index contributed by atoms with van der Waals surface area (Å²) >= 11 is 0. The lowest BCUT2D eigenvalue weighted by Crippen LogP contribution is -2.55. The molecule has 0 aliphatic carbocycles. The first-order valence-corrected chi connectivity index (χ1v) is 13.5. The topological polar surface area (TPSA) is 111 Å². The fourth-order valence-corrected chi connectivity index (χ4v) is 5.80. The van der Waals surface area contributed by atoms with Crippen molar-refractivity contribution in [1.29, 1.82) is 5.26 Å². The summed E-state index contributed by atoms with van der Waals surface area (Å²) in [6.45, 7) is 8.19. The molecule has 11 nitrogen and oxygen atoms in total. The molecule has 206 valence electrons. The maximum atomic E-state index is 12.5. The second-order valence-electron chi connectivity index (χ2n) is 10.3. The molecule has 2 aromatic rings. The lowest BCUT2D eigenvalue weighted by Gasteiger charge is -2.42. The smallest absolute Gasteiger partial charge is 0.318 e. The molecule has 5 heterocycles. The molecule has 2 atom stereocenters. The van der Waals surface area contributed by atoms with Crippen molar-refractivity contribution in [3.05, 3.63) is 42.4 Å². The van der Waals surface area contributed by atoms with E-state index in [9.17, 15) is 10.1 Å². The average molecular weight is 533 g/mol. The molecule has 3 aliphatic rings. The van der Waals surface area contributed by atoms with Crippen LogP contribution in [0.1, 0.15) is 30.5 Å². The highest BCUT2D eigenvalue weighted by Gasteiger charge is 2.33. The normalized spacial score (nSPS) is 21.3. The number of methoxy groups -OCH3 is 1. The van der Waals surface area contributed by atoms with Crippen LogP contribution in [0, 0.1) is 11.3 Å². The predicted octanol–water partition coefficient (Wildman–Crippen LogP) is 2.03. The Labute approximate surface area is 229 Å². The number of pyridine rings is 1. The molecule has 1 amide bonds. The Morgan fingerprint density at radius 1 is 1.23 bits per heavy atom. The van der Waals surface area contributed by atoms with Crippen molar-refractivity contribution in [3.63, 3.8) is 0 Å². The number of likely N-dealkylation sites (N-methyl/N-ethyl adjacent to an activating group) is 1. The van der Waals surface area contributed by atoms with Gasteiger partial charge in [0.15, 0.2) is 0 Å². The number of nitriles is 1. The van der Waals surface area contributed by atoms with Gasteiger partial charge in [0.1, 0.15) is 18.2 Å². The van der Waals surface area contributed by atoms with Gasteiger partial charge < -0.3 is 29.1 Å². The number of aromatic nitrogens is 3. The van der Waals surface area contributed by atoms with Crippen LogP contribution in [-0.4, -0.2) is 96.2 Å². The van der Waals surface area contributed by atoms with Crippen LogP contribution in [0.4, 0.5) is 11.5 Å². The number of amides is 1. The summed E-state index contributed by atoms with van der Waals surface area (Å²) in [5.74, 6) is 1.46. The van der Waals surface area contributed by atoms with Crippen LogP contribution in [0.3, 0.4) is 0 Å². The van der Waals surface area contributed by atoms with Gasteiger partial charge in [0, 0.05) is 50.0 Å². The van der Waals surface area contributed by atoms with E-state index in [-0.39, 0.29) is 18.4 Å². The summed E-state index contributed by atoms with van der Waals surface area (Å²) in [7, 11) is 3.79. The first-order valence-electron chi connectivity index (χ1n) is 13.5. The number of rotatable bonds is 8. The van der Waals surface area contributed by atoms with Crippen LogP contribution in [0.2, 0.25) is 0 Å². The third kappa shape index (κ3) is 5.61. The van der Waals surface area contributed by atoms with E-state index < -0.39 is 0 Å². The number of hydrogen-bond acceptors (Lipinski definition) is 10. The van der Waals surface area contributed by atoms with Crippen molar-refractivity contribution in [2.75, 3.05) is 63.3 Å². The number of ether oxygens (including phenoxy) is 2. The van der Waals surface area contributed by atoms with Gasteiger partial charge in [0.25, 0.3) is 0 Å². The van der Waals surface area contributed by atoms with Crippen molar-refractivity contribution in [2.24, 2.45) is 0 Å². The molecule has 2 saturated heterocycles. The molecule has 5 rings (SSSR count). The molecule has 2 unspecified atom stereocenters. The molecule has 0 radical (unpaired) electrons. The highest BCUT2D eigenvalue weighted by Crippen LogP contribution is 2.35. The van der Waals surface area contributed by atoms with E-state index >= 15 is 0 Å². The molecule has 0 saturated carbocycles. The minimum atomic E-state index is -0.240. The van der Waals surface area contributed by atoms with E-state index in [2.05, 4.69) is 39.4 Å². The maximum absolute atomic E-state index is 12.5. The average Bonchev–Trinajstić information content (AvgIpc) is 3.39. The molecule has 0 N–H and O–H groups in total. The van der Waals surface area contributed by atoms with Crippen molar-refractivity contribution < 1.29 is 14.3 Å². The number of likely N-dealkylation sites (tertiary alicyclic amines) is 1. The number of fused-ring (bicyclic) bond motifs is 1. The van der Waals surface area contributed by atoms with Gasteiger partial charge in [-0.25, -0.2) is 0 Å². The van der Waals surface area contributed by atoms with Crippen molar-refractivity contribution in [3.8, 4) is 17.8 Å². The number of piperazine rings is 1. The Morgan fingerprint density at radius 3 is 2.85 bits per heavy atom. The van der Waals surface area contributed by atoms with E-state index in [0.717, 1.165) is 60.9 Å². The molecular weight excluding hydrogens is 496 g/mol. The number of nitrogens with zero attached hydrogens (tertiary/aromatic N) is 8. The Bertz CT molecular complexity index is 1250. The quantitative estimate of drug-likeness (QED) is 0.468. The number of anilines is 2. The molecule has 39 heavy (non-hydrogen) atoms. The van der Waals surface area contributed by atoms with Crippen LogP contribution >= 0.6 is 0 Å². The molecule has 0 bridgehead atoms. The lowest BCUT2D eigenvalue weighted by atomic mass is 10.0. The largest absolute Gasteiger partial charge is 0.494 e. The number of carbonyl (C=O) groups is 1. The van der Waals surface area contributed by atoms with E-state index in [0.29, 0.717) is 44.8 Å². The number of hydrogen-bond donors (Lipinski definition) is 0. The minimum absolute atomic E-state index is 0.148. The molecular formula is C28H36N8O3. The fraction of sp³-hybridized carbons (Fsp3) is 0.536. The summed E-state index contributed by atoms with van der Waals surface area (Å²) in [6.07, 6.45) is 8.11. The van der Waals surface area contributed by atoms with E-state index in [1.54, 1.807) is 18.2 Å². The summed E-state index contributed by atoms with van der Waals surface area (Å²) < 4.78 is 11.8.